The van der Waals surface area contributed by atoms with Crippen LogP contribution >= 0.6 is 11.3 Å². The van der Waals surface area contributed by atoms with Crippen LogP contribution in [0.1, 0.15) is 49.1 Å². The van der Waals surface area contributed by atoms with Crippen LogP contribution in [0.15, 0.2) is 65.3 Å². The van der Waals surface area contributed by atoms with Crippen molar-refractivity contribution in [3.63, 3.8) is 0 Å². The molecule has 0 aliphatic rings. The number of carbonyl (C=O) groups excluding carboxylic acids is 1. The van der Waals surface area contributed by atoms with Gasteiger partial charge in [0.1, 0.15) is 5.76 Å². The van der Waals surface area contributed by atoms with E-state index in [4.69, 9.17) is 9.40 Å². The van der Waals surface area contributed by atoms with Crippen molar-refractivity contribution in [2.24, 2.45) is 0 Å². The Labute approximate surface area is 181 Å². The van der Waals surface area contributed by atoms with Gasteiger partial charge in [-0.1, -0.05) is 68.5 Å². The number of amides is 1. The van der Waals surface area contributed by atoms with Gasteiger partial charge in [0.25, 0.3) is 0 Å². The van der Waals surface area contributed by atoms with E-state index < -0.39 is 0 Å². The SMILES string of the molecule is CCc1ccc(CC(=O)N(Cc2ccco2)c2nc3c(C(C)C)cccc3s2)cc1. The van der Waals surface area contributed by atoms with E-state index >= 15 is 0 Å². The minimum absolute atomic E-state index is 0.0146. The molecule has 2 aromatic carbocycles. The quantitative estimate of drug-likeness (QED) is 0.351. The Morgan fingerprint density at radius 2 is 1.83 bits per heavy atom. The number of fused-ring (bicyclic) bond motifs is 1. The molecule has 0 saturated heterocycles. The summed E-state index contributed by atoms with van der Waals surface area (Å²) >= 11 is 1.56. The molecule has 4 aromatic rings. The molecule has 0 aliphatic carbocycles. The Morgan fingerprint density at radius 1 is 1.07 bits per heavy atom. The van der Waals surface area contributed by atoms with Crippen molar-refractivity contribution in [3.05, 3.63) is 83.3 Å². The van der Waals surface area contributed by atoms with Gasteiger partial charge in [-0.25, -0.2) is 4.98 Å². The first kappa shape index (κ1) is 20.4. The maximum absolute atomic E-state index is 13.3. The summed E-state index contributed by atoms with van der Waals surface area (Å²) in [4.78, 5) is 20.0. The van der Waals surface area contributed by atoms with E-state index in [2.05, 4.69) is 51.1 Å². The lowest BCUT2D eigenvalue weighted by Crippen LogP contribution is -2.31. The third-order valence-electron chi connectivity index (χ3n) is 5.27. The molecule has 30 heavy (non-hydrogen) atoms. The largest absolute Gasteiger partial charge is 0.467 e. The van der Waals surface area contributed by atoms with Crippen LogP contribution in [-0.4, -0.2) is 10.9 Å². The van der Waals surface area contributed by atoms with Crippen molar-refractivity contribution < 1.29 is 9.21 Å². The summed E-state index contributed by atoms with van der Waals surface area (Å²) in [5.41, 5.74) is 4.46. The third kappa shape index (κ3) is 4.31. The molecule has 4 nitrogen and oxygen atoms in total. The summed E-state index contributed by atoms with van der Waals surface area (Å²) in [6.45, 7) is 6.83. The summed E-state index contributed by atoms with van der Waals surface area (Å²) in [6, 6.07) is 18.2. The van der Waals surface area contributed by atoms with Crippen molar-refractivity contribution in [1.29, 1.82) is 0 Å². The molecule has 0 aliphatic heterocycles. The molecule has 0 atom stereocenters. The number of nitrogens with zero attached hydrogens (tertiary/aromatic N) is 2. The van der Waals surface area contributed by atoms with Gasteiger partial charge in [0.15, 0.2) is 5.13 Å². The van der Waals surface area contributed by atoms with Crippen LogP contribution in [0.3, 0.4) is 0 Å². The molecule has 0 radical (unpaired) electrons. The van der Waals surface area contributed by atoms with Crippen molar-refractivity contribution in [2.45, 2.75) is 46.1 Å². The van der Waals surface area contributed by atoms with Gasteiger partial charge in [-0.15, -0.1) is 0 Å². The summed E-state index contributed by atoms with van der Waals surface area (Å²) < 4.78 is 6.63. The van der Waals surface area contributed by atoms with Crippen molar-refractivity contribution in [2.75, 3.05) is 4.90 Å². The van der Waals surface area contributed by atoms with E-state index in [1.54, 1.807) is 22.5 Å². The van der Waals surface area contributed by atoms with Gasteiger partial charge >= 0.3 is 0 Å². The second-order valence-corrected chi connectivity index (χ2v) is 8.76. The zero-order valence-electron chi connectivity index (χ0n) is 17.6. The summed E-state index contributed by atoms with van der Waals surface area (Å²) in [5.74, 6) is 1.13. The lowest BCUT2D eigenvalue weighted by molar-refractivity contribution is -0.118. The normalized spacial score (nSPS) is 11.3. The molecule has 1 amide bonds. The Balaban J connectivity index is 1.68. The van der Waals surface area contributed by atoms with Gasteiger partial charge in [0.2, 0.25) is 5.91 Å². The first-order chi connectivity index (χ1) is 14.5. The number of rotatable bonds is 7. The highest BCUT2D eigenvalue weighted by Crippen LogP contribution is 2.34. The molecule has 2 heterocycles. The molecule has 4 rings (SSSR count). The number of aromatic nitrogens is 1. The minimum atomic E-state index is 0.0146. The maximum atomic E-state index is 13.3. The van der Waals surface area contributed by atoms with Crippen molar-refractivity contribution in [1.82, 2.24) is 4.98 Å². The lowest BCUT2D eigenvalue weighted by Gasteiger charge is -2.19. The third-order valence-corrected chi connectivity index (χ3v) is 6.32. The topological polar surface area (TPSA) is 46.3 Å². The van der Waals surface area contributed by atoms with Gasteiger partial charge in [-0.3, -0.25) is 9.69 Å². The highest BCUT2D eigenvalue weighted by Gasteiger charge is 2.22. The molecule has 2 aromatic heterocycles. The second kappa shape index (κ2) is 8.84. The van der Waals surface area contributed by atoms with Gasteiger partial charge in [0, 0.05) is 0 Å². The average molecular weight is 419 g/mol. The number of carbonyl (C=O) groups is 1. The Kier molecular flexibility index (Phi) is 6.00. The van der Waals surface area contributed by atoms with Crippen LogP contribution in [0.4, 0.5) is 5.13 Å². The number of hydrogen-bond donors (Lipinski definition) is 0. The molecule has 5 heteroatoms. The van der Waals surface area contributed by atoms with E-state index in [1.807, 2.05) is 24.3 Å². The van der Waals surface area contributed by atoms with E-state index in [-0.39, 0.29) is 5.91 Å². The number of para-hydroxylation sites is 1. The number of thiazole rings is 1. The summed E-state index contributed by atoms with van der Waals surface area (Å²) in [7, 11) is 0. The van der Waals surface area contributed by atoms with Crippen LogP contribution in [0.25, 0.3) is 10.2 Å². The predicted molar refractivity (Wildman–Crippen MR) is 123 cm³/mol. The number of hydrogen-bond acceptors (Lipinski definition) is 4. The van der Waals surface area contributed by atoms with Gasteiger partial charge < -0.3 is 4.42 Å². The van der Waals surface area contributed by atoms with Crippen LogP contribution < -0.4 is 4.90 Å². The zero-order chi connectivity index (χ0) is 21.1. The van der Waals surface area contributed by atoms with Crippen LogP contribution in [0, 0.1) is 0 Å². The number of anilines is 1. The Hall–Kier alpha value is -2.92. The van der Waals surface area contributed by atoms with E-state index in [1.165, 1.54) is 11.1 Å². The summed E-state index contributed by atoms with van der Waals surface area (Å²) in [6.07, 6.45) is 2.96. The first-order valence-electron chi connectivity index (χ1n) is 10.3. The van der Waals surface area contributed by atoms with Gasteiger partial charge in [-0.05, 0) is 47.2 Å². The van der Waals surface area contributed by atoms with E-state index in [0.717, 1.165) is 28.0 Å². The highest BCUT2D eigenvalue weighted by atomic mass is 32.1. The monoisotopic (exact) mass is 418 g/mol. The van der Waals surface area contributed by atoms with E-state index in [9.17, 15) is 4.79 Å². The molecule has 154 valence electrons. The Morgan fingerprint density at radius 3 is 2.50 bits per heavy atom. The van der Waals surface area contributed by atoms with Crippen molar-refractivity contribution >= 4 is 32.6 Å². The van der Waals surface area contributed by atoms with Crippen molar-refractivity contribution in [3.8, 4) is 0 Å². The number of furan rings is 1. The second-order valence-electron chi connectivity index (χ2n) is 7.75. The lowest BCUT2D eigenvalue weighted by atomic mass is 10.0. The van der Waals surface area contributed by atoms with Gasteiger partial charge in [-0.2, -0.15) is 0 Å². The number of benzene rings is 2. The molecule has 0 saturated carbocycles. The first-order valence-corrected chi connectivity index (χ1v) is 11.2. The molecule has 0 fully saturated rings. The summed E-state index contributed by atoms with van der Waals surface area (Å²) in [5, 5.41) is 0.713. The predicted octanol–water partition coefficient (Wildman–Crippen LogP) is 6.35. The highest BCUT2D eigenvalue weighted by molar-refractivity contribution is 7.22. The van der Waals surface area contributed by atoms with Crippen LogP contribution in [0.5, 0.6) is 0 Å². The molecular weight excluding hydrogens is 392 g/mol. The maximum Gasteiger partial charge on any atom is 0.233 e. The standard InChI is InChI=1S/C25H26N2O2S/c1-4-18-10-12-19(13-11-18)15-23(28)27(16-20-7-6-14-29-20)25-26-24-21(17(2)3)8-5-9-22(24)30-25/h5-14,17H,4,15-16H2,1-3H3. The fourth-order valence-electron chi connectivity index (χ4n) is 3.52. The molecule has 0 N–H and O–H groups in total. The number of aryl methyl sites for hydroxylation is 1. The Bertz CT molecular complexity index is 1130. The smallest absolute Gasteiger partial charge is 0.233 e. The zero-order valence-corrected chi connectivity index (χ0v) is 18.4. The van der Waals surface area contributed by atoms with Crippen LogP contribution in [0.2, 0.25) is 0 Å². The molecule has 0 bridgehead atoms. The average Bonchev–Trinajstić information content (AvgIpc) is 3.41. The fraction of sp³-hybridized carbons (Fsp3) is 0.280. The molecule has 0 unspecified atom stereocenters. The minimum Gasteiger partial charge on any atom is -0.467 e. The van der Waals surface area contributed by atoms with Crippen LogP contribution in [-0.2, 0) is 24.2 Å². The molecule has 0 spiro atoms. The fourth-order valence-corrected chi connectivity index (χ4v) is 4.54. The van der Waals surface area contributed by atoms with E-state index in [0.29, 0.717) is 24.0 Å². The molecular formula is C25H26N2O2S. The van der Waals surface area contributed by atoms with Gasteiger partial charge in [0.05, 0.1) is 29.4 Å².